The van der Waals surface area contributed by atoms with Gasteiger partial charge in [-0.3, -0.25) is 19.8 Å². The zero-order valence-electron chi connectivity index (χ0n) is 12.8. The molecule has 1 N–H and O–H groups in total. The lowest BCUT2D eigenvalue weighted by molar-refractivity contribution is -0.129. The van der Waals surface area contributed by atoms with Gasteiger partial charge in [0.05, 0.1) is 14.2 Å². The first-order valence-electron chi connectivity index (χ1n) is 6.73. The van der Waals surface area contributed by atoms with Gasteiger partial charge in [0.25, 0.3) is 11.8 Å². The van der Waals surface area contributed by atoms with E-state index in [-0.39, 0.29) is 12.1 Å². The summed E-state index contributed by atoms with van der Waals surface area (Å²) in [6, 6.07) is 4.19. The van der Waals surface area contributed by atoms with Crippen molar-refractivity contribution in [1.29, 1.82) is 0 Å². The predicted octanol–water partition coefficient (Wildman–Crippen LogP) is 1.35. The Bertz CT molecular complexity index is 708. The van der Waals surface area contributed by atoms with E-state index in [2.05, 4.69) is 11.9 Å². The summed E-state index contributed by atoms with van der Waals surface area (Å²) >= 11 is 0. The van der Waals surface area contributed by atoms with Crippen LogP contribution in [-0.4, -0.2) is 43.5 Å². The maximum Gasteiger partial charge on any atom is 0.331 e. The van der Waals surface area contributed by atoms with Crippen LogP contribution in [0, 0.1) is 0 Å². The van der Waals surface area contributed by atoms with Gasteiger partial charge in [-0.05, 0) is 23.8 Å². The number of rotatable bonds is 5. The number of amides is 4. The van der Waals surface area contributed by atoms with Crippen LogP contribution in [0.5, 0.6) is 11.5 Å². The number of nitrogens with one attached hydrogen (secondary N) is 1. The van der Waals surface area contributed by atoms with Gasteiger partial charge in [0.15, 0.2) is 11.5 Å². The number of carbonyl (C=O) groups is 3. The molecule has 4 amide bonds. The molecule has 0 spiro atoms. The third-order valence-electron chi connectivity index (χ3n) is 3.22. The zero-order chi connectivity index (χ0) is 17.0. The summed E-state index contributed by atoms with van der Waals surface area (Å²) in [6.07, 6.45) is 2.80. The number of hydrogen-bond donors (Lipinski definition) is 1. The molecule has 0 saturated carbocycles. The van der Waals surface area contributed by atoms with Crippen LogP contribution < -0.4 is 14.8 Å². The Hall–Kier alpha value is -3.09. The molecule has 2 rings (SSSR count). The van der Waals surface area contributed by atoms with Crippen molar-refractivity contribution in [2.75, 3.05) is 20.8 Å². The van der Waals surface area contributed by atoms with Crippen molar-refractivity contribution in [2.24, 2.45) is 0 Å². The Labute approximate surface area is 133 Å². The van der Waals surface area contributed by atoms with Crippen molar-refractivity contribution < 1.29 is 23.9 Å². The van der Waals surface area contributed by atoms with E-state index >= 15 is 0 Å². The SMILES string of the molecule is C=CCN1C(=O)NC(=O)/C(=C\c2ccc(OC)c(OC)c2)C1=O. The summed E-state index contributed by atoms with van der Waals surface area (Å²) in [6.45, 7) is 3.50. The van der Waals surface area contributed by atoms with Gasteiger partial charge in [-0.2, -0.15) is 0 Å². The number of barbiturate groups is 1. The average Bonchev–Trinajstić information content (AvgIpc) is 2.55. The molecule has 23 heavy (non-hydrogen) atoms. The number of urea groups is 1. The number of nitrogens with zero attached hydrogens (tertiary/aromatic N) is 1. The van der Waals surface area contributed by atoms with Gasteiger partial charge in [0.1, 0.15) is 5.57 Å². The highest BCUT2D eigenvalue weighted by Crippen LogP contribution is 2.28. The standard InChI is InChI=1S/C16H16N2O5/c1-4-7-18-15(20)11(14(19)17-16(18)21)8-10-5-6-12(22-2)13(9-10)23-3/h4-6,8-9H,1,7H2,2-3H3,(H,17,19,21)/b11-8+. The van der Waals surface area contributed by atoms with Crippen LogP contribution in [0.25, 0.3) is 6.08 Å². The lowest BCUT2D eigenvalue weighted by Gasteiger charge is -2.25. The molecule has 0 aromatic heterocycles. The smallest absolute Gasteiger partial charge is 0.331 e. The Morgan fingerprint density at radius 1 is 1.17 bits per heavy atom. The Kier molecular flexibility index (Phi) is 4.80. The zero-order valence-corrected chi connectivity index (χ0v) is 12.8. The minimum Gasteiger partial charge on any atom is -0.493 e. The van der Waals surface area contributed by atoms with Crippen LogP contribution in [0.3, 0.4) is 0 Å². The molecular formula is C16H16N2O5. The molecule has 1 aliphatic rings. The van der Waals surface area contributed by atoms with E-state index in [9.17, 15) is 14.4 Å². The molecule has 0 unspecified atom stereocenters. The normalized spacial score (nSPS) is 16.3. The fourth-order valence-electron chi connectivity index (χ4n) is 2.10. The number of hydrogen-bond acceptors (Lipinski definition) is 5. The second-order valence-electron chi connectivity index (χ2n) is 4.64. The number of imide groups is 2. The first-order chi connectivity index (χ1) is 11.0. The van der Waals surface area contributed by atoms with Crippen molar-refractivity contribution in [3.63, 3.8) is 0 Å². The third kappa shape index (κ3) is 3.23. The van der Waals surface area contributed by atoms with Gasteiger partial charge in [-0.25, -0.2) is 4.79 Å². The van der Waals surface area contributed by atoms with Crippen LogP contribution in [0.2, 0.25) is 0 Å². The Morgan fingerprint density at radius 3 is 2.48 bits per heavy atom. The van der Waals surface area contributed by atoms with Gasteiger partial charge in [0.2, 0.25) is 0 Å². The van der Waals surface area contributed by atoms with Gasteiger partial charge >= 0.3 is 6.03 Å². The second-order valence-corrected chi connectivity index (χ2v) is 4.64. The maximum absolute atomic E-state index is 12.3. The topological polar surface area (TPSA) is 84.9 Å². The van der Waals surface area contributed by atoms with E-state index in [1.54, 1.807) is 18.2 Å². The van der Waals surface area contributed by atoms with Crippen LogP contribution in [0.4, 0.5) is 4.79 Å². The first-order valence-corrected chi connectivity index (χ1v) is 6.73. The number of carbonyl (C=O) groups excluding carboxylic acids is 3. The highest BCUT2D eigenvalue weighted by molar-refractivity contribution is 6.31. The van der Waals surface area contributed by atoms with Gasteiger partial charge in [-0.15, -0.1) is 6.58 Å². The maximum atomic E-state index is 12.3. The van der Waals surface area contributed by atoms with E-state index in [4.69, 9.17) is 9.47 Å². The van der Waals surface area contributed by atoms with Crippen molar-refractivity contribution in [3.05, 3.63) is 42.0 Å². The highest BCUT2D eigenvalue weighted by atomic mass is 16.5. The number of ether oxygens (including phenoxy) is 2. The van der Waals surface area contributed by atoms with Crippen LogP contribution >= 0.6 is 0 Å². The van der Waals surface area contributed by atoms with Gasteiger partial charge in [-0.1, -0.05) is 12.1 Å². The lowest BCUT2D eigenvalue weighted by atomic mass is 10.1. The van der Waals surface area contributed by atoms with Crippen molar-refractivity contribution >= 4 is 23.9 Å². The Balaban J connectivity index is 2.40. The summed E-state index contributed by atoms with van der Waals surface area (Å²) in [5, 5.41) is 2.12. The molecule has 7 nitrogen and oxygen atoms in total. The molecule has 1 heterocycles. The molecule has 1 aliphatic heterocycles. The van der Waals surface area contributed by atoms with E-state index in [1.807, 2.05) is 0 Å². The fourth-order valence-corrected chi connectivity index (χ4v) is 2.10. The van der Waals surface area contributed by atoms with Crippen molar-refractivity contribution in [3.8, 4) is 11.5 Å². The van der Waals surface area contributed by atoms with Crippen LogP contribution in [0.1, 0.15) is 5.56 Å². The molecule has 1 saturated heterocycles. The molecule has 0 atom stereocenters. The van der Waals surface area contributed by atoms with E-state index in [0.29, 0.717) is 17.1 Å². The molecule has 0 radical (unpaired) electrons. The lowest BCUT2D eigenvalue weighted by Crippen LogP contribution is -2.54. The minimum absolute atomic E-state index is 0.0151. The van der Waals surface area contributed by atoms with E-state index in [1.165, 1.54) is 26.4 Å². The summed E-state index contributed by atoms with van der Waals surface area (Å²) < 4.78 is 10.3. The molecule has 1 aromatic rings. The number of methoxy groups -OCH3 is 2. The molecule has 7 heteroatoms. The summed E-state index contributed by atoms with van der Waals surface area (Å²) in [5.41, 5.74) is 0.424. The second kappa shape index (κ2) is 6.78. The largest absolute Gasteiger partial charge is 0.493 e. The van der Waals surface area contributed by atoms with E-state index < -0.39 is 17.8 Å². The van der Waals surface area contributed by atoms with Gasteiger partial charge < -0.3 is 9.47 Å². The fraction of sp³-hybridized carbons (Fsp3) is 0.188. The number of benzene rings is 1. The van der Waals surface area contributed by atoms with E-state index in [0.717, 1.165) is 4.90 Å². The summed E-state index contributed by atoms with van der Waals surface area (Å²) in [5.74, 6) is -0.425. The first kappa shape index (κ1) is 16.3. The third-order valence-corrected chi connectivity index (χ3v) is 3.22. The monoisotopic (exact) mass is 316 g/mol. The molecular weight excluding hydrogens is 300 g/mol. The summed E-state index contributed by atoms with van der Waals surface area (Å²) in [7, 11) is 2.99. The quantitative estimate of drug-likeness (QED) is 0.503. The van der Waals surface area contributed by atoms with Crippen molar-refractivity contribution in [2.45, 2.75) is 0 Å². The molecule has 0 aliphatic carbocycles. The van der Waals surface area contributed by atoms with Gasteiger partial charge in [0, 0.05) is 6.54 Å². The molecule has 120 valence electrons. The van der Waals surface area contributed by atoms with Crippen LogP contribution in [-0.2, 0) is 9.59 Å². The molecule has 0 bridgehead atoms. The van der Waals surface area contributed by atoms with Crippen molar-refractivity contribution in [1.82, 2.24) is 10.2 Å². The average molecular weight is 316 g/mol. The summed E-state index contributed by atoms with van der Waals surface area (Å²) in [4.78, 5) is 36.8. The minimum atomic E-state index is -0.760. The molecule has 1 aromatic carbocycles. The van der Waals surface area contributed by atoms with Crippen LogP contribution in [0.15, 0.2) is 36.4 Å². The highest BCUT2D eigenvalue weighted by Gasteiger charge is 2.34. The Morgan fingerprint density at radius 2 is 1.87 bits per heavy atom. The molecule has 1 fully saturated rings. The predicted molar refractivity (Wildman–Crippen MR) is 83.0 cm³/mol.